The molecule has 0 nitrogen and oxygen atoms in total. The minimum atomic E-state index is 1.22. The van der Waals surface area contributed by atoms with Gasteiger partial charge in [0.05, 0.1) is 0 Å². The maximum atomic E-state index is 2.43. The van der Waals surface area contributed by atoms with Gasteiger partial charge in [-0.05, 0) is 122 Å². The van der Waals surface area contributed by atoms with Crippen molar-refractivity contribution in [3.8, 4) is 33.4 Å². The Hall–Kier alpha value is -6.24. The Morgan fingerprint density at radius 1 is 0.188 bits per heavy atom. The molecule has 0 amide bonds. The van der Waals surface area contributed by atoms with Crippen LogP contribution in [0, 0.1) is 0 Å². The lowest BCUT2D eigenvalue weighted by Gasteiger charge is -2.19. The molecule has 0 N–H and O–H groups in total. The van der Waals surface area contributed by atoms with E-state index in [0.717, 1.165) is 0 Å². The van der Waals surface area contributed by atoms with Crippen molar-refractivity contribution < 1.29 is 0 Å². The van der Waals surface area contributed by atoms with Gasteiger partial charge < -0.3 is 0 Å². The molecule has 10 rings (SSSR count). The van der Waals surface area contributed by atoms with Crippen LogP contribution in [0.2, 0.25) is 0 Å². The fraction of sp³-hybridized carbons (Fsp3) is 0. The number of hydrogen-bond acceptors (Lipinski definition) is 0. The van der Waals surface area contributed by atoms with E-state index >= 15 is 0 Å². The fourth-order valence-corrected chi connectivity index (χ4v) is 7.86. The Bertz CT molecular complexity index is 2890. The van der Waals surface area contributed by atoms with Gasteiger partial charge in [0, 0.05) is 0 Å². The van der Waals surface area contributed by atoms with Gasteiger partial charge in [0.1, 0.15) is 0 Å². The van der Waals surface area contributed by atoms with Crippen molar-refractivity contribution in [3.05, 3.63) is 182 Å². The van der Waals surface area contributed by atoms with Gasteiger partial charge >= 0.3 is 0 Å². The van der Waals surface area contributed by atoms with Crippen LogP contribution in [0.3, 0.4) is 0 Å². The molecule has 0 aliphatic heterocycles. The summed E-state index contributed by atoms with van der Waals surface area (Å²) in [5.41, 5.74) is 7.49. The minimum Gasteiger partial charge on any atom is -0.0616 e. The molecule has 222 valence electrons. The van der Waals surface area contributed by atoms with E-state index in [-0.39, 0.29) is 0 Å². The summed E-state index contributed by atoms with van der Waals surface area (Å²) in [7, 11) is 0. The molecule has 0 heteroatoms. The van der Waals surface area contributed by atoms with Gasteiger partial charge in [0.25, 0.3) is 0 Å². The van der Waals surface area contributed by atoms with Crippen LogP contribution in [0.25, 0.3) is 98.0 Å². The van der Waals surface area contributed by atoms with Gasteiger partial charge in [0.2, 0.25) is 0 Å². The van der Waals surface area contributed by atoms with Crippen LogP contribution in [0.15, 0.2) is 182 Å². The van der Waals surface area contributed by atoms with Gasteiger partial charge in [-0.2, -0.15) is 0 Å². The molecule has 0 aliphatic carbocycles. The lowest BCUT2D eigenvalue weighted by molar-refractivity contribution is 1.66. The lowest BCUT2D eigenvalue weighted by atomic mass is 9.84. The highest BCUT2D eigenvalue weighted by Crippen LogP contribution is 2.46. The topological polar surface area (TPSA) is 0 Å². The normalized spacial score (nSPS) is 11.8. The van der Waals surface area contributed by atoms with Crippen LogP contribution in [-0.2, 0) is 0 Å². The average molecular weight is 607 g/mol. The van der Waals surface area contributed by atoms with Crippen molar-refractivity contribution in [1.29, 1.82) is 0 Å². The Morgan fingerprint density at radius 2 is 0.562 bits per heavy atom. The predicted molar refractivity (Wildman–Crippen MR) is 208 cm³/mol. The van der Waals surface area contributed by atoms with Gasteiger partial charge in [0.15, 0.2) is 0 Å². The van der Waals surface area contributed by atoms with Crippen molar-refractivity contribution in [1.82, 2.24) is 0 Å². The summed E-state index contributed by atoms with van der Waals surface area (Å²) in [6.07, 6.45) is 0. The third-order valence-electron chi connectivity index (χ3n) is 10.2. The van der Waals surface area contributed by atoms with Crippen molar-refractivity contribution in [2.75, 3.05) is 0 Å². The molecule has 0 saturated carbocycles. The molecular formula is C48H30. The quantitative estimate of drug-likeness (QED) is 0.139. The zero-order chi connectivity index (χ0) is 31.6. The van der Waals surface area contributed by atoms with Crippen LogP contribution >= 0.6 is 0 Å². The molecule has 0 fully saturated rings. The Morgan fingerprint density at radius 3 is 1.27 bits per heavy atom. The van der Waals surface area contributed by atoms with Gasteiger partial charge in [-0.3, -0.25) is 0 Å². The summed E-state index contributed by atoms with van der Waals surface area (Å²) in [6, 6.07) is 67.3. The summed E-state index contributed by atoms with van der Waals surface area (Å²) in [4.78, 5) is 0. The average Bonchev–Trinajstić information content (AvgIpc) is 3.16. The standard InChI is InChI=1S/C48H30/c1-3-12-34-27-36(20-17-31(34)9-1)37-23-26-45-46(30-37)48(40-24-25-42-38(29-40)21-19-33-11-5-6-14-41(33)42)44-16-8-7-15-43(44)47(45)39-22-18-32-10-2-4-13-35(32)28-39/h1-30H. The van der Waals surface area contributed by atoms with Crippen LogP contribution in [-0.4, -0.2) is 0 Å². The molecule has 48 heavy (non-hydrogen) atoms. The summed E-state index contributed by atoms with van der Waals surface area (Å²) in [5, 5.41) is 15.2. The van der Waals surface area contributed by atoms with E-state index in [2.05, 4.69) is 182 Å². The molecule has 0 atom stereocenters. The Balaban J connectivity index is 1.30. The van der Waals surface area contributed by atoms with E-state index in [1.807, 2.05) is 0 Å². The maximum Gasteiger partial charge on any atom is -0.00259 e. The smallest absolute Gasteiger partial charge is 0.00259 e. The SMILES string of the molecule is c1ccc2cc(-c3ccc4c(-c5ccc6ccccc6c5)c5ccccc5c(-c5ccc6c(ccc7ccccc76)c5)c4c3)ccc2c1. The van der Waals surface area contributed by atoms with Crippen molar-refractivity contribution in [2.24, 2.45) is 0 Å². The second-order valence-corrected chi connectivity index (χ2v) is 12.9. The molecule has 10 aromatic carbocycles. The monoisotopic (exact) mass is 606 g/mol. The Labute approximate surface area is 279 Å². The molecule has 0 radical (unpaired) electrons. The summed E-state index contributed by atoms with van der Waals surface area (Å²) in [6.45, 7) is 0. The fourth-order valence-electron chi connectivity index (χ4n) is 7.86. The van der Waals surface area contributed by atoms with E-state index in [4.69, 9.17) is 0 Å². The molecule has 0 heterocycles. The lowest BCUT2D eigenvalue weighted by Crippen LogP contribution is -1.92. The van der Waals surface area contributed by atoms with E-state index < -0.39 is 0 Å². The number of fused-ring (bicyclic) bond motifs is 7. The van der Waals surface area contributed by atoms with Crippen molar-refractivity contribution in [3.63, 3.8) is 0 Å². The third kappa shape index (κ3) is 4.24. The van der Waals surface area contributed by atoms with Crippen molar-refractivity contribution >= 4 is 64.6 Å². The first-order valence-electron chi connectivity index (χ1n) is 16.7. The maximum absolute atomic E-state index is 2.43. The summed E-state index contributed by atoms with van der Waals surface area (Å²) < 4.78 is 0. The summed E-state index contributed by atoms with van der Waals surface area (Å²) >= 11 is 0. The zero-order valence-corrected chi connectivity index (χ0v) is 26.3. The highest BCUT2D eigenvalue weighted by atomic mass is 14.2. The molecule has 10 aromatic rings. The third-order valence-corrected chi connectivity index (χ3v) is 10.2. The molecule has 0 unspecified atom stereocenters. The van der Waals surface area contributed by atoms with Gasteiger partial charge in [-0.25, -0.2) is 0 Å². The highest BCUT2D eigenvalue weighted by molar-refractivity contribution is 6.23. The zero-order valence-electron chi connectivity index (χ0n) is 26.3. The second kappa shape index (κ2) is 10.7. The number of rotatable bonds is 3. The molecule has 0 aromatic heterocycles. The second-order valence-electron chi connectivity index (χ2n) is 12.9. The summed E-state index contributed by atoms with van der Waals surface area (Å²) in [5.74, 6) is 0. The van der Waals surface area contributed by atoms with Gasteiger partial charge in [-0.15, -0.1) is 0 Å². The van der Waals surface area contributed by atoms with Crippen LogP contribution < -0.4 is 0 Å². The van der Waals surface area contributed by atoms with Gasteiger partial charge in [-0.1, -0.05) is 158 Å². The van der Waals surface area contributed by atoms with Crippen LogP contribution in [0.5, 0.6) is 0 Å². The van der Waals surface area contributed by atoms with E-state index in [9.17, 15) is 0 Å². The number of benzene rings is 10. The first-order chi connectivity index (χ1) is 23.8. The molecule has 0 saturated heterocycles. The molecular weight excluding hydrogens is 577 g/mol. The Kier molecular flexibility index (Phi) is 5.98. The molecule has 0 spiro atoms. The van der Waals surface area contributed by atoms with Crippen molar-refractivity contribution in [2.45, 2.75) is 0 Å². The van der Waals surface area contributed by atoms with Crippen LogP contribution in [0.4, 0.5) is 0 Å². The largest absolute Gasteiger partial charge is 0.0616 e. The molecule has 0 aliphatic rings. The molecule has 0 bridgehead atoms. The first kappa shape index (κ1) is 26.9. The number of hydrogen-bond donors (Lipinski definition) is 0. The first-order valence-corrected chi connectivity index (χ1v) is 16.7. The van der Waals surface area contributed by atoms with E-state index in [1.165, 1.54) is 98.0 Å². The predicted octanol–water partition coefficient (Wildman–Crippen LogP) is 13.6. The highest BCUT2D eigenvalue weighted by Gasteiger charge is 2.18. The van der Waals surface area contributed by atoms with Crippen LogP contribution in [0.1, 0.15) is 0 Å². The van der Waals surface area contributed by atoms with E-state index in [1.54, 1.807) is 0 Å². The minimum absolute atomic E-state index is 1.22. The van der Waals surface area contributed by atoms with E-state index in [0.29, 0.717) is 0 Å².